The minimum atomic E-state index is -0.498. The van der Waals surface area contributed by atoms with Crippen molar-refractivity contribution in [3.8, 4) is 5.75 Å². The van der Waals surface area contributed by atoms with Crippen LogP contribution in [0.15, 0.2) is 29.0 Å². The summed E-state index contributed by atoms with van der Waals surface area (Å²) >= 11 is 1.59. The second-order valence-corrected chi connectivity index (χ2v) is 6.68. The Hall–Kier alpha value is -1.36. The van der Waals surface area contributed by atoms with Crippen LogP contribution in [-0.2, 0) is 0 Å². The molecule has 3 unspecified atom stereocenters. The fourth-order valence-corrected chi connectivity index (χ4v) is 4.07. The predicted octanol–water partition coefficient (Wildman–Crippen LogP) is 3.63. The van der Waals surface area contributed by atoms with Crippen LogP contribution >= 0.6 is 11.3 Å². The van der Waals surface area contributed by atoms with Gasteiger partial charge in [-0.1, -0.05) is 13.0 Å². The maximum absolute atomic E-state index is 10.2. The first kappa shape index (κ1) is 14.6. The summed E-state index contributed by atoms with van der Waals surface area (Å²) in [5.74, 6) is 0.797. The lowest BCUT2D eigenvalue weighted by atomic mass is 9.97. The Morgan fingerprint density at radius 2 is 2.14 bits per heavy atom. The van der Waals surface area contributed by atoms with Crippen LogP contribution in [-0.4, -0.2) is 16.8 Å². The van der Waals surface area contributed by atoms with Crippen LogP contribution in [0.1, 0.15) is 53.7 Å². The maximum atomic E-state index is 10.2. The SMILES string of the molecule is Cc1ccc(O)c2c1C(C)CC2NCC(O)c1ccsc1. The highest BCUT2D eigenvalue weighted by Crippen LogP contribution is 2.45. The Morgan fingerprint density at radius 3 is 2.86 bits per heavy atom. The molecule has 1 aromatic heterocycles. The normalized spacial score (nSPS) is 22.2. The van der Waals surface area contributed by atoms with Crippen molar-refractivity contribution in [1.82, 2.24) is 5.32 Å². The summed E-state index contributed by atoms with van der Waals surface area (Å²) in [5, 5.41) is 27.7. The fraction of sp³-hybridized carbons (Fsp3) is 0.412. The highest BCUT2D eigenvalue weighted by Gasteiger charge is 2.32. The van der Waals surface area contributed by atoms with Gasteiger partial charge in [-0.15, -0.1) is 0 Å². The Bertz CT molecular complexity index is 624. The van der Waals surface area contributed by atoms with Crippen molar-refractivity contribution in [1.29, 1.82) is 0 Å². The first-order valence-electron chi connectivity index (χ1n) is 7.33. The number of phenolic OH excluding ortho intramolecular Hbond substituents is 1. The van der Waals surface area contributed by atoms with Crippen LogP contribution in [0.4, 0.5) is 0 Å². The molecule has 0 bridgehead atoms. The van der Waals surface area contributed by atoms with E-state index in [9.17, 15) is 10.2 Å². The third-order valence-electron chi connectivity index (χ3n) is 4.40. The molecule has 3 nitrogen and oxygen atoms in total. The standard InChI is InChI=1S/C17H21NO2S/c1-10-3-4-14(19)17-13(7-11(2)16(10)17)18-8-15(20)12-5-6-21-9-12/h3-6,9,11,13,15,18-20H,7-8H2,1-2H3. The smallest absolute Gasteiger partial charge is 0.120 e. The fourth-order valence-electron chi connectivity index (χ4n) is 3.37. The second-order valence-electron chi connectivity index (χ2n) is 5.90. The van der Waals surface area contributed by atoms with Gasteiger partial charge >= 0.3 is 0 Å². The second kappa shape index (κ2) is 5.79. The number of rotatable bonds is 4. The molecule has 0 saturated heterocycles. The Kier molecular flexibility index (Phi) is 4.02. The molecule has 3 rings (SSSR count). The molecule has 1 aromatic carbocycles. The number of hydrogen-bond donors (Lipinski definition) is 3. The van der Waals surface area contributed by atoms with Gasteiger partial charge in [-0.3, -0.25) is 0 Å². The lowest BCUT2D eigenvalue weighted by Gasteiger charge is -2.18. The van der Waals surface area contributed by atoms with Crippen molar-refractivity contribution >= 4 is 11.3 Å². The number of benzene rings is 1. The molecule has 0 saturated carbocycles. The Morgan fingerprint density at radius 1 is 1.33 bits per heavy atom. The molecule has 0 spiro atoms. The van der Waals surface area contributed by atoms with E-state index in [0.29, 0.717) is 18.2 Å². The molecule has 112 valence electrons. The van der Waals surface area contributed by atoms with Crippen molar-refractivity contribution in [3.63, 3.8) is 0 Å². The molecule has 0 aliphatic heterocycles. The summed E-state index contributed by atoms with van der Waals surface area (Å²) in [6.45, 7) is 4.79. The molecular weight excluding hydrogens is 282 g/mol. The van der Waals surface area contributed by atoms with Gasteiger partial charge in [0.1, 0.15) is 5.75 Å². The number of aryl methyl sites for hydroxylation is 1. The highest BCUT2D eigenvalue weighted by molar-refractivity contribution is 7.07. The topological polar surface area (TPSA) is 52.5 Å². The van der Waals surface area contributed by atoms with Crippen LogP contribution < -0.4 is 5.32 Å². The van der Waals surface area contributed by atoms with E-state index in [1.807, 2.05) is 22.9 Å². The molecule has 0 fully saturated rings. The minimum absolute atomic E-state index is 0.114. The lowest BCUT2D eigenvalue weighted by Crippen LogP contribution is -2.25. The number of phenols is 1. The first-order chi connectivity index (χ1) is 10.1. The van der Waals surface area contributed by atoms with E-state index in [1.165, 1.54) is 11.1 Å². The summed E-state index contributed by atoms with van der Waals surface area (Å²) in [6, 6.07) is 5.82. The van der Waals surface area contributed by atoms with Gasteiger partial charge < -0.3 is 15.5 Å². The largest absolute Gasteiger partial charge is 0.508 e. The van der Waals surface area contributed by atoms with Crippen LogP contribution in [0.25, 0.3) is 0 Å². The number of hydrogen-bond acceptors (Lipinski definition) is 4. The molecule has 1 aliphatic carbocycles. The lowest BCUT2D eigenvalue weighted by molar-refractivity contribution is 0.169. The molecule has 21 heavy (non-hydrogen) atoms. The molecule has 1 heterocycles. The predicted molar refractivity (Wildman–Crippen MR) is 85.9 cm³/mol. The zero-order valence-corrected chi connectivity index (χ0v) is 13.2. The molecule has 1 aliphatic rings. The Labute approximate surface area is 129 Å². The van der Waals surface area contributed by atoms with E-state index in [4.69, 9.17) is 0 Å². The molecule has 2 aromatic rings. The van der Waals surface area contributed by atoms with E-state index in [0.717, 1.165) is 17.5 Å². The number of thiophene rings is 1. The molecule has 3 atom stereocenters. The van der Waals surface area contributed by atoms with Gasteiger partial charge in [-0.2, -0.15) is 11.3 Å². The van der Waals surface area contributed by atoms with Crippen LogP contribution in [0.5, 0.6) is 5.75 Å². The Balaban J connectivity index is 1.76. The third-order valence-corrected chi connectivity index (χ3v) is 5.10. The highest BCUT2D eigenvalue weighted by atomic mass is 32.1. The van der Waals surface area contributed by atoms with Gasteiger partial charge in [-0.05, 0) is 58.8 Å². The maximum Gasteiger partial charge on any atom is 0.120 e. The summed E-state index contributed by atoms with van der Waals surface area (Å²) in [5.41, 5.74) is 4.46. The third kappa shape index (κ3) is 2.71. The van der Waals surface area contributed by atoms with Crippen LogP contribution in [0, 0.1) is 6.92 Å². The molecule has 4 heteroatoms. The number of aromatic hydroxyl groups is 1. The minimum Gasteiger partial charge on any atom is -0.508 e. The van der Waals surface area contributed by atoms with E-state index in [1.54, 1.807) is 17.4 Å². The van der Waals surface area contributed by atoms with Gasteiger partial charge in [0.25, 0.3) is 0 Å². The monoisotopic (exact) mass is 303 g/mol. The molecule has 0 radical (unpaired) electrons. The van der Waals surface area contributed by atoms with Gasteiger partial charge in [-0.25, -0.2) is 0 Å². The summed E-state index contributed by atoms with van der Waals surface area (Å²) in [6.07, 6.45) is 0.465. The van der Waals surface area contributed by atoms with Crippen molar-refractivity contribution < 1.29 is 10.2 Å². The molecular formula is C17H21NO2S. The zero-order chi connectivity index (χ0) is 15.0. The average molecular weight is 303 g/mol. The van der Waals surface area contributed by atoms with Crippen molar-refractivity contribution in [2.24, 2.45) is 0 Å². The zero-order valence-electron chi connectivity index (χ0n) is 12.3. The molecule has 3 N–H and O–H groups in total. The number of nitrogens with one attached hydrogen (secondary N) is 1. The van der Waals surface area contributed by atoms with Crippen molar-refractivity contribution in [2.75, 3.05) is 6.54 Å². The van der Waals surface area contributed by atoms with E-state index >= 15 is 0 Å². The van der Waals surface area contributed by atoms with Gasteiger partial charge in [0.15, 0.2) is 0 Å². The van der Waals surface area contributed by atoms with Gasteiger partial charge in [0.2, 0.25) is 0 Å². The van der Waals surface area contributed by atoms with Crippen molar-refractivity contribution in [3.05, 3.63) is 51.2 Å². The van der Waals surface area contributed by atoms with E-state index < -0.39 is 6.10 Å². The van der Waals surface area contributed by atoms with E-state index in [2.05, 4.69) is 19.2 Å². The number of aliphatic hydroxyl groups excluding tert-OH is 1. The van der Waals surface area contributed by atoms with Crippen LogP contribution in [0.3, 0.4) is 0 Å². The average Bonchev–Trinajstić information content (AvgIpc) is 3.09. The number of aliphatic hydroxyl groups is 1. The van der Waals surface area contributed by atoms with Gasteiger partial charge in [0.05, 0.1) is 6.10 Å². The van der Waals surface area contributed by atoms with Crippen LogP contribution in [0.2, 0.25) is 0 Å². The summed E-state index contributed by atoms with van der Waals surface area (Å²) < 4.78 is 0. The quantitative estimate of drug-likeness (QED) is 0.808. The summed E-state index contributed by atoms with van der Waals surface area (Å²) in [4.78, 5) is 0. The molecule has 0 amide bonds. The first-order valence-corrected chi connectivity index (χ1v) is 8.28. The number of fused-ring (bicyclic) bond motifs is 1. The van der Waals surface area contributed by atoms with Gasteiger partial charge in [0, 0.05) is 18.2 Å². The summed E-state index contributed by atoms with van der Waals surface area (Å²) in [7, 11) is 0. The van der Waals surface area contributed by atoms with E-state index in [-0.39, 0.29) is 6.04 Å². The van der Waals surface area contributed by atoms with Crippen molar-refractivity contribution in [2.45, 2.75) is 38.3 Å².